The summed E-state index contributed by atoms with van der Waals surface area (Å²) < 4.78 is 0. The highest BCUT2D eigenvalue weighted by atomic mass is 35.5. The van der Waals surface area contributed by atoms with Gasteiger partial charge in [-0.25, -0.2) is 0 Å². The summed E-state index contributed by atoms with van der Waals surface area (Å²) in [5.74, 6) is -1.11. The van der Waals surface area contributed by atoms with E-state index in [-0.39, 0.29) is 18.7 Å². The van der Waals surface area contributed by atoms with E-state index in [1.165, 1.54) is 0 Å². The average Bonchev–Trinajstić information content (AvgIpc) is 2.26. The summed E-state index contributed by atoms with van der Waals surface area (Å²) in [6.45, 7) is 3.66. The van der Waals surface area contributed by atoms with Crippen LogP contribution in [0.4, 0.5) is 0 Å². The molecule has 0 aromatic heterocycles. The van der Waals surface area contributed by atoms with Crippen molar-refractivity contribution < 1.29 is 14.7 Å². The number of aliphatic carboxylic acids is 1. The number of carboxylic acids is 1. The number of carbonyl (C=O) groups excluding carboxylic acids is 1. The minimum absolute atomic E-state index is 0.0183. The zero-order chi connectivity index (χ0) is 15.3. The number of hydrogen-bond donors (Lipinski definition) is 2. The zero-order valence-electron chi connectivity index (χ0n) is 11.4. The Bertz CT molecular complexity index is 515. The summed E-state index contributed by atoms with van der Waals surface area (Å²) in [7, 11) is 0. The van der Waals surface area contributed by atoms with Crippen LogP contribution < -0.4 is 5.32 Å². The van der Waals surface area contributed by atoms with Crippen LogP contribution in [0.5, 0.6) is 0 Å². The van der Waals surface area contributed by atoms with E-state index in [1.54, 1.807) is 18.2 Å². The highest BCUT2D eigenvalue weighted by Crippen LogP contribution is 2.30. The summed E-state index contributed by atoms with van der Waals surface area (Å²) in [5, 5.41) is 12.4. The number of benzene rings is 1. The van der Waals surface area contributed by atoms with Gasteiger partial charge in [0.25, 0.3) is 0 Å². The Kier molecular flexibility index (Phi) is 5.84. The maximum atomic E-state index is 11.8. The molecule has 0 spiro atoms. The van der Waals surface area contributed by atoms with E-state index in [0.717, 1.165) is 5.56 Å². The van der Waals surface area contributed by atoms with E-state index in [9.17, 15) is 9.59 Å². The van der Waals surface area contributed by atoms with Crippen LogP contribution in [-0.2, 0) is 15.1 Å². The summed E-state index contributed by atoms with van der Waals surface area (Å²) in [4.78, 5) is 22.2. The molecule has 0 unspecified atom stereocenters. The van der Waals surface area contributed by atoms with Crippen LogP contribution >= 0.6 is 23.2 Å². The topological polar surface area (TPSA) is 66.4 Å². The van der Waals surface area contributed by atoms with Crippen LogP contribution in [0, 0.1) is 0 Å². The van der Waals surface area contributed by atoms with Crippen molar-refractivity contribution in [2.45, 2.75) is 38.6 Å². The van der Waals surface area contributed by atoms with Gasteiger partial charge in [0, 0.05) is 22.9 Å². The first-order valence-corrected chi connectivity index (χ1v) is 6.96. The van der Waals surface area contributed by atoms with E-state index in [1.807, 2.05) is 13.8 Å². The third-order valence-corrected chi connectivity index (χ3v) is 3.40. The number of nitrogens with one attached hydrogen (secondary N) is 1. The van der Waals surface area contributed by atoms with Gasteiger partial charge in [-0.3, -0.25) is 9.59 Å². The maximum absolute atomic E-state index is 11.8. The molecule has 0 aliphatic carbocycles. The number of carboxylic acid groups (broad SMARTS) is 1. The Balaban J connectivity index is 2.69. The molecule has 0 saturated heterocycles. The van der Waals surface area contributed by atoms with Crippen molar-refractivity contribution in [3.63, 3.8) is 0 Å². The van der Waals surface area contributed by atoms with Gasteiger partial charge in [0.15, 0.2) is 0 Å². The van der Waals surface area contributed by atoms with Gasteiger partial charge in [-0.15, -0.1) is 0 Å². The van der Waals surface area contributed by atoms with Gasteiger partial charge in [-0.2, -0.15) is 0 Å². The zero-order valence-corrected chi connectivity index (χ0v) is 12.9. The molecule has 6 heteroatoms. The predicted molar refractivity (Wildman–Crippen MR) is 79.1 cm³/mol. The molecule has 2 N–H and O–H groups in total. The third kappa shape index (κ3) is 5.02. The molecule has 0 heterocycles. The first kappa shape index (κ1) is 16.8. The third-order valence-electron chi connectivity index (χ3n) is 2.85. The average molecular weight is 318 g/mol. The molecule has 0 aliphatic heterocycles. The highest BCUT2D eigenvalue weighted by Gasteiger charge is 2.25. The smallest absolute Gasteiger partial charge is 0.303 e. The van der Waals surface area contributed by atoms with Crippen LogP contribution in [0.25, 0.3) is 0 Å². The molecular weight excluding hydrogens is 301 g/mol. The molecule has 1 aromatic rings. The fourth-order valence-electron chi connectivity index (χ4n) is 1.87. The second kappa shape index (κ2) is 6.95. The van der Waals surface area contributed by atoms with Crippen molar-refractivity contribution in [3.05, 3.63) is 33.8 Å². The molecule has 0 radical (unpaired) electrons. The van der Waals surface area contributed by atoms with E-state index < -0.39 is 11.5 Å². The van der Waals surface area contributed by atoms with Crippen molar-refractivity contribution in [2.75, 3.05) is 0 Å². The lowest BCUT2D eigenvalue weighted by Crippen LogP contribution is -2.41. The molecular formula is C14H17Cl2NO3. The molecule has 0 bridgehead atoms. The molecule has 1 aromatic carbocycles. The van der Waals surface area contributed by atoms with Gasteiger partial charge < -0.3 is 10.4 Å². The van der Waals surface area contributed by atoms with Gasteiger partial charge in [0.05, 0.1) is 5.54 Å². The van der Waals surface area contributed by atoms with Gasteiger partial charge in [0.1, 0.15) is 0 Å². The first-order valence-electron chi connectivity index (χ1n) is 6.20. The fourth-order valence-corrected chi connectivity index (χ4v) is 2.52. The predicted octanol–water partition coefficient (Wildman–Crippen LogP) is 3.60. The van der Waals surface area contributed by atoms with Crippen LogP contribution in [0.2, 0.25) is 10.0 Å². The van der Waals surface area contributed by atoms with Gasteiger partial charge in [-0.05, 0) is 38.0 Å². The standard InChI is InChI=1S/C14H17Cl2NO3/c1-14(2,10-7-6-9(15)8-11(10)16)17-12(18)4-3-5-13(19)20/h6-8H,3-5H2,1-2H3,(H,17,18)(H,19,20). The molecule has 110 valence electrons. The van der Waals surface area contributed by atoms with Crippen LogP contribution in [-0.4, -0.2) is 17.0 Å². The van der Waals surface area contributed by atoms with Crippen molar-refractivity contribution >= 4 is 35.1 Å². The lowest BCUT2D eigenvalue weighted by Gasteiger charge is -2.28. The Labute approximate surface area is 128 Å². The summed E-state index contributed by atoms with van der Waals surface area (Å²) in [6, 6.07) is 5.10. The highest BCUT2D eigenvalue weighted by molar-refractivity contribution is 6.35. The van der Waals surface area contributed by atoms with Crippen LogP contribution in [0.3, 0.4) is 0 Å². The molecule has 20 heavy (non-hydrogen) atoms. The number of rotatable bonds is 6. The molecule has 0 atom stereocenters. The lowest BCUT2D eigenvalue weighted by molar-refractivity contribution is -0.137. The molecule has 1 rings (SSSR count). The van der Waals surface area contributed by atoms with Crippen molar-refractivity contribution in [1.82, 2.24) is 5.32 Å². The van der Waals surface area contributed by atoms with E-state index in [4.69, 9.17) is 28.3 Å². The number of amides is 1. The molecule has 0 aliphatic rings. The van der Waals surface area contributed by atoms with Crippen LogP contribution in [0.15, 0.2) is 18.2 Å². The first-order chi connectivity index (χ1) is 9.22. The number of hydrogen-bond acceptors (Lipinski definition) is 2. The van der Waals surface area contributed by atoms with Gasteiger partial charge in [-0.1, -0.05) is 29.3 Å². The molecule has 0 fully saturated rings. The van der Waals surface area contributed by atoms with E-state index in [0.29, 0.717) is 16.5 Å². The quantitative estimate of drug-likeness (QED) is 0.842. The van der Waals surface area contributed by atoms with Crippen molar-refractivity contribution in [2.24, 2.45) is 0 Å². The minimum atomic E-state index is -0.905. The normalized spacial score (nSPS) is 11.2. The minimum Gasteiger partial charge on any atom is -0.481 e. The summed E-state index contributed by atoms with van der Waals surface area (Å²) in [6.07, 6.45) is 0.460. The molecule has 4 nitrogen and oxygen atoms in total. The second-order valence-electron chi connectivity index (χ2n) is 5.04. The van der Waals surface area contributed by atoms with Crippen molar-refractivity contribution in [1.29, 1.82) is 0 Å². The Hall–Kier alpha value is -1.26. The number of halogens is 2. The number of carbonyl (C=O) groups is 2. The van der Waals surface area contributed by atoms with Crippen LogP contribution in [0.1, 0.15) is 38.7 Å². The summed E-state index contributed by atoms with van der Waals surface area (Å²) in [5.41, 5.74) is 0.109. The van der Waals surface area contributed by atoms with E-state index in [2.05, 4.69) is 5.32 Å². The molecule has 0 saturated carbocycles. The fraction of sp³-hybridized carbons (Fsp3) is 0.429. The Morgan fingerprint density at radius 1 is 1.25 bits per heavy atom. The lowest BCUT2D eigenvalue weighted by atomic mass is 9.94. The Morgan fingerprint density at radius 2 is 1.90 bits per heavy atom. The summed E-state index contributed by atoms with van der Waals surface area (Å²) >= 11 is 12.0. The maximum Gasteiger partial charge on any atom is 0.303 e. The van der Waals surface area contributed by atoms with Gasteiger partial charge in [0.2, 0.25) is 5.91 Å². The monoisotopic (exact) mass is 317 g/mol. The SMILES string of the molecule is CC(C)(NC(=O)CCCC(=O)O)c1ccc(Cl)cc1Cl. The van der Waals surface area contributed by atoms with Crippen molar-refractivity contribution in [3.8, 4) is 0 Å². The Morgan fingerprint density at radius 3 is 2.45 bits per heavy atom. The molecule has 1 amide bonds. The van der Waals surface area contributed by atoms with Gasteiger partial charge >= 0.3 is 5.97 Å². The van der Waals surface area contributed by atoms with E-state index >= 15 is 0 Å². The largest absolute Gasteiger partial charge is 0.481 e. The second-order valence-corrected chi connectivity index (χ2v) is 5.89.